The van der Waals surface area contributed by atoms with Crippen molar-refractivity contribution < 1.29 is 4.39 Å². The molecule has 0 spiro atoms. The normalized spacial score (nSPS) is 21.8. The molecule has 1 atom stereocenters. The van der Waals surface area contributed by atoms with Crippen LogP contribution in [-0.4, -0.2) is 12.7 Å². The van der Waals surface area contributed by atoms with E-state index >= 15 is 0 Å². The van der Waals surface area contributed by atoms with Crippen LogP contribution in [0, 0.1) is 5.92 Å². The topological polar surface area (TPSA) is 26.0 Å². The van der Waals surface area contributed by atoms with Crippen LogP contribution in [0.15, 0.2) is 0 Å². The molecule has 1 aliphatic carbocycles. The van der Waals surface area contributed by atoms with Crippen LogP contribution < -0.4 is 5.73 Å². The first-order valence-corrected chi connectivity index (χ1v) is 2.66. The molecule has 0 bridgehead atoms. The van der Waals surface area contributed by atoms with Crippen LogP contribution in [0.1, 0.15) is 12.8 Å². The molecule has 0 radical (unpaired) electrons. The highest BCUT2D eigenvalue weighted by Crippen LogP contribution is 2.31. The van der Waals surface area contributed by atoms with Crippen molar-refractivity contribution in [3.05, 3.63) is 0 Å². The lowest BCUT2D eigenvalue weighted by molar-refractivity contribution is 0.403. The van der Waals surface area contributed by atoms with Crippen LogP contribution in [0.25, 0.3) is 0 Å². The summed E-state index contributed by atoms with van der Waals surface area (Å²) in [6, 6.07) is -0.153. The molecule has 0 heterocycles. The lowest BCUT2D eigenvalue weighted by atomic mass is 10.2. The Kier molecular flexibility index (Phi) is 3.33. The molecule has 1 rings (SSSR count). The second kappa shape index (κ2) is 3.25. The van der Waals surface area contributed by atoms with Crippen molar-refractivity contribution in [2.45, 2.75) is 18.9 Å². The van der Waals surface area contributed by atoms with Gasteiger partial charge in [0.2, 0.25) is 0 Å². The van der Waals surface area contributed by atoms with E-state index in [1.807, 2.05) is 0 Å². The minimum absolute atomic E-state index is 0. The maximum atomic E-state index is 11.6. The van der Waals surface area contributed by atoms with Crippen LogP contribution in [0.5, 0.6) is 0 Å². The Bertz CT molecular complexity index is 65.4. The third-order valence-electron chi connectivity index (χ3n) is 1.41. The quantitative estimate of drug-likeness (QED) is 0.610. The van der Waals surface area contributed by atoms with Gasteiger partial charge in [0.15, 0.2) is 0 Å². The van der Waals surface area contributed by atoms with Crippen LogP contribution >= 0.6 is 12.4 Å². The average molecular weight is 140 g/mol. The van der Waals surface area contributed by atoms with Gasteiger partial charge in [0.25, 0.3) is 0 Å². The number of hydrogen-bond donors (Lipinski definition) is 1. The molecule has 2 N–H and O–H groups in total. The minimum Gasteiger partial charge on any atom is -0.325 e. The van der Waals surface area contributed by atoms with E-state index in [9.17, 15) is 4.39 Å². The number of nitrogens with two attached hydrogens (primary N) is 1. The van der Waals surface area contributed by atoms with Gasteiger partial charge in [0.1, 0.15) is 6.67 Å². The fourth-order valence-electron chi connectivity index (χ4n) is 0.650. The molecule has 1 nitrogen and oxygen atoms in total. The molecule has 0 aliphatic heterocycles. The summed E-state index contributed by atoms with van der Waals surface area (Å²) >= 11 is 0. The third-order valence-corrected chi connectivity index (χ3v) is 1.41. The smallest absolute Gasteiger partial charge is 0.105 e. The van der Waals surface area contributed by atoms with Crippen LogP contribution in [-0.2, 0) is 0 Å². The van der Waals surface area contributed by atoms with Crippen molar-refractivity contribution in [2.75, 3.05) is 6.67 Å². The summed E-state index contributed by atoms with van der Waals surface area (Å²) in [6.07, 6.45) is 2.29. The average Bonchev–Trinajstić information content (AvgIpc) is 2.44. The van der Waals surface area contributed by atoms with E-state index in [0.29, 0.717) is 5.92 Å². The van der Waals surface area contributed by atoms with Crippen molar-refractivity contribution in [3.63, 3.8) is 0 Å². The molecule has 1 saturated carbocycles. The first-order chi connectivity index (χ1) is 3.34. The fraction of sp³-hybridized carbons (Fsp3) is 1.00. The Balaban J connectivity index is 0.000000490. The molecule has 0 aromatic carbocycles. The van der Waals surface area contributed by atoms with Crippen molar-refractivity contribution in [3.8, 4) is 0 Å². The Morgan fingerprint density at radius 2 is 2.12 bits per heavy atom. The van der Waals surface area contributed by atoms with Gasteiger partial charge >= 0.3 is 0 Å². The summed E-state index contributed by atoms with van der Waals surface area (Å²) in [5, 5.41) is 0. The Morgan fingerprint density at radius 3 is 2.25 bits per heavy atom. The molecule has 1 aliphatic rings. The maximum Gasteiger partial charge on any atom is 0.105 e. The summed E-state index contributed by atoms with van der Waals surface area (Å²) in [5.74, 6) is 0.519. The molecule has 0 saturated heterocycles. The lowest BCUT2D eigenvalue weighted by Gasteiger charge is -1.99. The zero-order chi connectivity index (χ0) is 5.28. The van der Waals surface area contributed by atoms with Crippen LogP contribution in [0.3, 0.4) is 0 Å². The number of hydrogen-bond acceptors (Lipinski definition) is 1. The van der Waals surface area contributed by atoms with Gasteiger partial charge in [0.05, 0.1) is 0 Å². The molecule has 0 unspecified atom stereocenters. The van der Waals surface area contributed by atoms with Crippen molar-refractivity contribution >= 4 is 12.4 Å². The van der Waals surface area contributed by atoms with E-state index in [-0.39, 0.29) is 25.1 Å². The molecule has 3 heteroatoms. The maximum absolute atomic E-state index is 11.6. The Labute approximate surface area is 54.9 Å². The molecule has 0 aromatic rings. The zero-order valence-electron chi connectivity index (χ0n) is 4.64. The highest BCUT2D eigenvalue weighted by atomic mass is 35.5. The predicted molar refractivity (Wildman–Crippen MR) is 33.9 cm³/mol. The van der Waals surface area contributed by atoms with E-state index in [2.05, 4.69) is 0 Å². The lowest BCUT2D eigenvalue weighted by Crippen LogP contribution is -2.24. The van der Waals surface area contributed by atoms with Crippen molar-refractivity contribution in [1.82, 2.24) is 0 Å². The van der Waals surface area contributed by atoms with Crippen molar-refractivity contribution in [2.24, 2.45) is 11.7 Å². The molecule has 0 amide bonds. The van der Waals surface area contributed by atoms with Gasteiger partial charge < -0.3 is 5.73 Å². The molecular weight excluding hydrogens is 129 g/mol. The monoisotopic (exact) mass is 139 g/mol. The van der Waals surface area contributed by atoms with Crippen LogP contribution in [0.4, 0.5) is 4.39 Å². The van der Waals surface area contributed by atoms with Crippen molar-refractivity contribution in [1.29, 1.82) is 0 Å². The first kappa shape index (κ1) is 8.18. The molecule has 1 fully saturated rings. The van der Waals surface area contributed by atoms with Gasteiger partial charge in [-0.1, -0.05) is 0 Å². The first-order valence-electron chi connectivity index (χ1n) is 2.66. The van der Waals surface area contributed by atoms with Gasteiger partial charge in [-0.05, 0) is 18.8 Å². The standard InChI is InChI=1S/C5H10FN.ClH/c6-3-5(7)4-1-2-4;/h4-5H,1-3,7H2;1H/t5-;/m1./s1. The second-order valence-corrected chi connectivity index (χ2v) is 2.16. The Hall–Kier alpha value is 0.180. The summed E-state index contributed by atoms with van der Waals surface area (Å²) in [7, 11) is 0. The van der Waals surface area contributed by atoms with E-state index in [0.717, 1.165) is 12.8 Å². The van der Waals surface area contributed by atoms with Gasteiger partial charge in [-0.15, -0.1) is 12.4 Å². The largest absolute Gasteiger partial charge is 0.325 e. The van der Waals surface area contributed by atoms with E-state index in [4.69, 9.17) is 5.73 Å². The molecule has 50 valence electrons. The predicted octanol–water partition coefficient (Wildman–Crippen LogP) is 1.11. The summed E-state index contributed by atoms with van der Waals surface area (Å²) in [6.45, 7) is -0.343. The van der Waals surface area contributed by atoms with Gasteiger partial charge in [-0.2, -0.15) is 0 Å². The van der Waals surface area contributed by atoms with Gasteiger partial charge in [0, 0.05) is 6.04 Å². The zero-order valence-corrected chi connectivity index (χ0v) is 5.46. The minimum atomic E-state index is -0.343. The molecule has 0 aromatic heterocycles. The fourth-order valence-corrected chi connectivity index (χ4v) is 0.650. The second-order valence-electron chi connectivity index (χ2n) is 2.16. The van der Waals surface area contributed by atoms with E-state index < -0.39 is 0 Å². The van der Waals surface area contributed by atoms with E-state index in [1.54, 1.807) is 0 Å². The van der Waals surface area contributed by atoms with E-state index in [1.165, 1.54) is 0 Å². The summed E-state index contributed by atoms with van der Waals surface area (Å²) < 4.78 is 11.6. The SMILES string of the molecule is Cl.N[C@H](CF)C1CC1. The molecule has 8 heavy (non-hydrogen) atoms. The summed E-state index contributed by atoms with van der Waals surface area (Å²) in [5.41, 5.74) is 5.30. The third kappa shape index (κ3) is 1.97. The number of halogens is 2. The molecular formula is C5H11ClFN. The van der Waals surface area contributed by atoms with Crippen LogP contribution in [0.2, 0.25) is 0 Å². The van der Waals surface area contributed by atoms with Gasteiger partial charge in [-0.25, -0.2) is 4.39 Å². The highest BCUT2D eigenvalue weighted by molar-refractivity contribution is 5.85. The summed E-state index contributed by atoms with van der Waals surface area (Å²) in [4.78, 5) is 0. The Morgan fingerprint density at radius 1 is 1.62 bits per heavy atom. The van der Waals surface area contributed by atoms with Gasteiger partial charge in [-0.3, -0.25) is 0 Å². The number of rotatable bonds is 2. The highest BCUT2D eigenvalue weighted by Gasteiger charge is 2.27. The number of alkyl halides is 1.